The first kappa shape index (κ1) is 10.2. The van der Waals surface area contributed by atoms with E-state index in [1.165, 1.54) is 30.2 Å². The van der Waals surface area contributed by atoms with Crippen LogP contribution in [-0.4, -0.2) is 4.98 Å². The first-order chi connectivity index (χ1) is 7.28. The Hall–Kier alpha value is -1.33. The van der Waals surface area contributed by atoms with Crippen LogP contribution < -0.4 is 5.73 Å². The molecule has 0 radical (unpaired) electrons. The molecule has 0 bridgehead atoms. The number of aromatic nitrogens is 1. The van der Waals surface area contributed by atoms with Gasteiger partial charge in [-0.25, -0.2) is 9.37 Å². The van der Waals surface area contributed by atoms with Crippen LogP contribution in [0.4, 0.5) is 4.39 Å². The Morgan fingerprint density at radius 2 is 2.27 bits per heavy atom. The molecule has 0 saturated carbocycles. The van der Waals surface area contributed by atoms with Crippen molar-refractivity contribution in [3.63, 3.8) is 0 Å². The monoisotopic (exact) mass is 224 g/mol. The van der Waals surface area contributed by atoms with Gasteiger partial charge in [0.15, 0.2) is 0 Å². The van der Waals surface area contributed by atoms with Gasteiger partial charge in [-0.2, -0.15) is 0 Å². The Morgan fingerprint density at radius 3 is 2.93 bits per heavy atom. The summed E-state index contributed by atoms with van der Waals surface area (Å²) in [7, 11) is 0. The van der Waals surface area contributed by atoms with Crippen molar-refractivity contribution in [1.82, 2.24) is 4.98 Å². The van der Waals surface area contributed by atoms with Crippen molar-refractivity contribution in [2.45, 2.75) is 16.7 Å². The van der Waals surface area contributed by atoms with E-state index in [4.69, 9.17) is 10.2 Å². The second kappa shape index (κ2) is 4.46. The van der Waals surface area contributed by atoms with Crippen LogP contribution in [0.15, 0.2) is 45.2 Å². The van der Waals surface area contributed by atoms with E-state index in [0.717, 1.165) is 10.5 Å². The lowest BCUT2D eigenvalue weighted by Crippen LogP contribution is -1.96. The number of nitrogens with two attached hydrogens (primary N) is 1. The van der Waals surface area contributed by atoms with Crippen LogP contribution in [-0.2, 0) is 6.54 Å². The summed E-state index contributed by atoms with van der Waals surface area (Å²) in [5, 5.41) is 0.489. The van der Waals surface area contributed by atoms with Gasteiger partial charge in [0.2, 0.25) is 0 Å². The molecule has 3 nitrogen and oxygen atoms in total. The van der Waals surface area contributed by atoms with E-state index >= 15 is 0 Å². The van der Waals surface area contributed by atoms with E-state index in [1.54, 1.807) is 6.20 Å². The van der Waals surface area contributed by atoms with E-state index in [0.29, 0.717) is 11.8 Å². The van der Waals surface area contributed by atoms with E-state index in [2.05, 4.69) is 4.98 Å². The van der Waals surface area contributed by atoms with Gasteiger partial charge in [-0.05, 0) is 35.5 Å². The fraction of sp³-hybridized carbons (Fsp3) is 0.100. The summed E-state index contributed by atoms with van der Waals surface area (Å²) in [6.07, 6.45) is 3.02. The predicted octanol–water partition coefficient (Wildman–Crippen LogP) is 2.42. The van der Waals surface area contributed by atoms with Gasteiger partial charge in [0.25, 0.3) is 5.22 Å². The minimum Gasteiger partial charge on any atom is -0.440 e. The Bertz CT molecular complexity index is 445. The first-order valence-corrected chi connectivity index (χ1v) is 5.16. The normalized spacial score (nSPS) is 10.5. The summed E-state index contributed by atoms with van der Waals surface area (Å²) in [5.41, 5.74) is 6.20. The molecule has 0 atom stereocenters. The molecule has 0 fully saturated rings. The molecule has 1 aromatic heterocycles. The van der Waals surface area contributed by atoms with E-state index < -0.39 is 0 Å². The van der Waals surface area contributed by atoms with Gasteiger partial charge in [-0.1, -0.05) is 0 Å². The summed E-state index contributed by atoms with van der Waals surface area (Å²) in [6, 6.07) is 4.66. The zero-order valence-electron chi connectivity index (χ0n) is 7.81. The molecule has 0 unspecified atom stereocenters. The van der Waals surface area contributed by atoms with Gasteiger partial charge in [0.1, 0.15) is 12.1 Å². The molecule has 0 saturated heterocycles. The Morgan fingerprint density at radius 1 is 1.40 bits per heavy atom. The highest BCUT2D eigenvalue weighted by Crippen LogP contribution is 2.27. The fourth-order valence-corrected chi connectivity index (χ4v) is 1.96. The van der Waals surface area contributed by atoms with Crippen molar-refractivity contribution >= 4 is 11.8 Å². The predicted molar refractivity (Wildman–Crippen MR) is 54.9 cm³/mol. The zero-order valence-corrected chi connectivity index (χ0v) is 8.63. The average molecular weight is 224 g/mol. The minimum atomic E-state index is -0.299. The summed E-state index contributed by atoms with van der Waals surface area (Å²) < 4.78 is 18.2. The van der Waals surface area contributed by atoms with Crippen molar-refractivity contribution < 1.29 is 8.81 Å². The lowest BCUT2D eigenvalue weighted by atomic mass is 10.2. The highest BCUT2D eigenvalue weighted by Gasteiger charge is 2.04. The number of oxazole rings is 1. The largest absolute Gasteiger partial charge is 0.440 e. The maximum absolute atomic E-state index is 13.1. The number of halogens is 1. The third-order valence-corrected chi connectivity index (χ3v) is 2.63. The third-order valence-electron chi connectivity index (χ3n) is 1.78. The van der Waals surface area contributed by atoms with Crippen molar-refractivity contribution in [3.8, 4) is 0 Å². The van der Waals surface area contributed by atoms with Gasteiger partial charge >= 0.3 is 0 Å². The van der Waals surface area contributed by atoms with Crippen LogP contribution in [0.2, 0.25) is 0 Å². The van der Waals surface area contributed by atoms with E-state index in [9.17, 15) is 4.39 Å². The van der Waals surface area contributed by atoms with Gasteiger partial charge < -0.3 is 10.2 Å². The summed E-state index contributed by atoms with van der Waals surface area (Å²) in [4.78, 5) is 4.67. The van der Waals surface area contributed by atoms with Crippen LogP contribution in [0.25, 0.3) is 0 Å². The van der Waals surface area contributed by atoms with E-state index in [-0.39, 0.29) is 5.82 Å². The summed E-state index contributed by atoms with van der Waals surface area (Å²) in [6.45, 7) is 0.316. The van der Waals surface area contributed by atoms with Crippen LogP contribution in [0.3, 0.4) is 0 Å². The van der Waals surface area contributed by atoms with Crippen LogP contribution in [0.1, 0.15) is 5.56 Å². The van der Waals surface area contributed by atoms with Gasteiger partial charge in [-0.15, -0.1) is 0 Å². The van der Waals surface area contributed by atoms with Crippen LogP contribution in [0.5, 0.6) is 0 Å². The summed E-state index contributed by atoms with van der Waals surface area (Å²) >= 11 is 1.26. The zero-order chi connectivity index (χ0) is 10.7. The highest BCUT2D eigenvalue weighted by atomic mass is 32.2. The first-order valence-electron chi connectivity index (χ1n) is 4.35. The fourth-order valence-electron chi connectivity index (χ4n) is 1.16. The Labute approximate surface area is 90.5 Å². The quantitative estimate of drug-likeness (QED) is 0.869. The molecular formula is C10H9FN2OS. The third kappa shape index (κ3) is 2.57. The maximum Gasteiger partial charge on any atom is 0.260 e. The number of hydrogen-bond donors (Lipinski definition) is 1. The molecule has 78 valence electrons. The average Bonchev–Trinajstić information content (AvgIpc) is 2.69. The van der Waals surface area contributed by atoms with E-state index in [1.807, 2.05) is 6.07 Å². The lowest BCUT2D eigenvalue weighted by molar-refractivity contribution is 0.454. The molecule has 1 aromatic carbocycles. The number of nitrogens with zero attached hydrogens (tertiary/aromatic N) is 1. The molecular weight excluding hydrogens is 215 g/mol. The molecule has 0 aliphatic carbocycles. The minimum absolute atomic E-state index is 0.299. The number of hydrogen-bond acceptors (Lipinski definition) is 4. The van der Waals surface area contributed by atoms with Crippen molar-refractivity contribution in [2.24, 2.45) is 5.73 Å². The van der Waals surface area contributed by atoms with Gasteiger partial charge in [0, 0.05) is 11.4 Å². The second-order valence-corrected chi connectivity index (χ2v) is 3.92. The summed E-state index contributed by atoms with van der Waals surface area (Å²) in [5.74, 6) is -0.299. The van der Waals surface area contributed by atoms with Crippen molar-refractivity contribution in [1.29, 1.82) is 0 Å². The standard InChI is InChI=1S/C10H9FN2OS/c11-8-3-7(6-12)4-9(5-8)15-10-13-1-2-14-10/h1-5H,6,12H2. The molecule has 0 aliphatic rings. The molecule has 0 amide bonds. The molecule has 5 heteroatoms. The smallest absolute Gasteiger partial charge is 0.260 e. The van der Waals surface area contributed by atoms with Crippen molar-refractivity contribution in [2.75, 3.05) is 0 Å². The Balaban J connectivity index is 2.24. The van der Waals surface area contributed by atoms with Gasteiger partial charge in [0.05, 0.1) is 6.20 Å². The molecule has 2 rings (SSSR count). The second-order valence-electron chi connectivity index (χ2n) is 2.90. The van der Waals surface area contributed by atoms with Crippen LogP contribution >= 0.6 is 11.8 Å². The van der Waals surface area contributed by atoms with Gasteiger partial charge in [-0.3, -0.25) is 0 Å². The van der Waals surface area contributed by atoms with Crippen LogP contribution in [0, 0.1) is 5.82 Å². The molecule has 0 spiro atoms. The number of benzene rings is 1. The molecule has 2 aromatic rings. The molecule has 1 heterocycles. The topological polar surface area (TPSA) is 52.0 Å². The number of rotatable bonds is 3. The highest BCUT2D eigenvalue weighted by molar-refractivity contribution is 7.99. The molecule has 2 N–H and O–H groups in total. The maximum atomic E-state index is 13.1. The molecule has 15 heavy (non-hydrogen) atoms. The SMILES string of the molecule is NCc1cc(F)cc(Sc2ncco2)c1. The molecule has 0 aliphatic heterocycles. The lowest BCUT2D eigenvalue weighted by Gasteiger charge is -2.01. The Kier molecular flexibility index (Phi) is 3.03. The van der Waals surface area contributed by atoms with Crippen molar-refractivity contribution in [3.05, 3.63) is 42.0 Å².